The number of alkyl halides is 11. The fourth-order valence-electron chi connectivity index (χ4n) is 0.651. The zero-order valence-electron chi connectivity index (χ0n) is 7.66. The Morgan fingerprint density at radius 2 is 0.765 bits per heavy atom. The molecule has 0 aliphatic carbocycles. The predicted molar refractivity (Wildman–Crippen MR) is 31.5 cm³/mol. The minimum absolute atomic E-state index is 0.895. The quantitative estimate of drug-likeness (QED) is 0.684. The molecule has 0 N–H and O–H groups in total. The third kappa shape index (κ3) is 2.15. The zero-order chi connectivity index (χ0) is 14.5. The van der Waals surface area contributed by atoms with Crippen molar-refractivity contribution in [1.82, 2.24) is 0 Å². The molecule has 0 bridgehead atoms. The van der Waals surface area contributed by atoms with Crippen LogP contribution in [0.1, 0.15) is 6.92 Å². The maximum absolute atomic E-state index is 12.3. The highest BCUT2D eigenvalue weighted by atomic mass is 19.4. The minimum atomic E-state index is -7.29. The number of hydrogen-bond acceptors (Lipinski definition) is 0. The zero-order valence-corrected chi connectivity index (χ0v) is 7.66. The van der Waals surface area contributed by atoms with Gasteiger partial charge < -0.3 is 0 Å². The van der Waals surface area contributed by atoms with Gasteiger partial charge in [0.05, 0.1) is 0 Å². The van der Waals surface area contributed by atoms with Crippen LogP contribution in [0.15, 0.2) is 0 Å². The number of rotatable bonds is 3. The van der Waals surface area contributed by atoms with Gasteiger partial charge in [-0.05, 0) is 0 Å². The van der Waals surface area contributed by atoms with Crippen molar-refractivity contribution in [2.45, 2.75) is 36.8 Å². The Kier molecular flexibility index (Phi) is 3.45. The molecule has 0 rings (SSSR count). The van der Waals surface area contributed by atoms with Crippen molar-refractivity contribution in [3.05, 3.63) is 0 Å². The average Bonchev–Trinajstić information content (AvgIpc) is 1.98. The second kappa shape index (κ2) is 3.61. The molecule has 0 atom stereocenters. The van der Waals surface area contributed by atoms with Crippen LogP contribution in [0.25, 0.3) is 0 Å². The standard InChI is InChI=1S/C6H3F11/c1-2(7,8)3(9,10)4(11,12)5(13,14)6(15,16)17/h1H3. The van der Waals surface area contributed by atoms with Crippen LogP contribution in [0.5, 0.6) is 0 Å². The van der Waals surface area contributed by atoms with Crippen LogP contribution >= 0.6 is 0 Å². The third-order valence-electron chi connectivity index (χ3n) is 1.70. The minimum Gasteiger partial charge on any atom is -0.200 e. The molecular weight excluding hydrogens is 281 g/mol. The molecule has 0 aliphatic rings. The molecular formula is C6H3F11. The van der Waals surface area contributed by atoms with Gasteiger partial charge in [-0.1, -0.05) is 0 Å². The molecule has 0 aromatic carbocycles. The fourth-order valence-corrected chi connectivity index (χ4v) is 0.651. The summed E-state index contributed by atoms with van der Waals surface area (Å²) in [6.07, 6.45) is -7.09. The fraction of sp³-hybridized carbons (Fsp3) is 1.00. The van der Waals surface area contributed by atoms with Gasteiger partial charge in [-0.15, -0.1) is 0 Å². The predicted octanol–water partition coefficient (Wildman–Crippen LogP) is 4.11. The first kappa shape index (κ1) is 16.2. The van der Waals surface area contributed by atoms with Crippen LogP contribution < -0.4 is 0 Å². The highest BCUT2D eigenvalue weighted by Gasteiger charge is 2.86. The average molecular weight is 284 g/mol. The summed E-state index contributed by atoms with van der Waals surface area (Å²) in [6, 6.07) is 0. The van der Waals surface area contributed by atoms with E-state index < -0.39 is 36.8 Å². The molecule has 17 heavy (non-hydrogen) atoms. The summed E-state index contributed by atoms with van der Waals surface area (Å²) in [4.78, 5) is 0. The van der Waals surface area contributed by atoms with Crippen molar-refractivity contribution in [2.24, 2.45) is 0 Å². The van der Waals surface area contributed by atoms with Crippen LogP contribution in [0.4, 0.5) is 48.3 Å². The summed E-state index contributed by atoms with van der Waals surface area (Å²) >= 11 is 0. The molecule has 11 heteroatoms. The smallest absolute Gasteiger partial charge is 0.200 e. The van der Waals surface area contributed by atoms with Crippen molar-refractivity contribution in [3.8, 4) is 0 Å². The van der Waals surface area contributed by atoms with E-state index in [1.165, 1.54) is 0 Å². The van der Waals surface area contributed by atoms with Crippen molar-refractivity contribution < 1.29 is 48.3 Å². The van der Waals surface area contributed by atoms with Gasteiger partial charge in [-0.25, -0.2) is 0 Å². The molecule has 0 saturated carbocycles. The Bertz CT molecular complexity index is 251. The first-order valence-corrected chi connectivity index (χ1v) is 3.58. The van der Waals surface area contributed by atoms with Gasteiger partial charge in [0.2, 0.25) is 0 Å². The molecule has 0 fully saturated rings. The molecule has 0 nitrogen and oxygen atoms in total. The topological polar surface area (TPSA) is 0 Å². The van der Waals surface area contributed by atoms with Gasteiger partial charge in [0.1, 0.15) is 0 Å². The largest absolute Gasteiger partial charge is 0.460 e. The molecule has 0 aromatic rings. The number of halogens is 11. The Hall–Kier alpha value is -0.770. The molecule has 0 heterocycles. The van der Waals surface area contributed by atoms with E-state index in [-0.39, 0.29) is 0 Å². The maximum atomic E-state index is 12.3. The van der Waals surface area contributed by atoms with E-state index in [0.717, 1.165) is 0 Å². The molecule has 0 aromatic heterocycles. The van der Waals surface area contributed by atoms with Crippen LogP contribution in [0.2, 0.25) is 0 Å². The van der Waals surface area contributed by atoms with Gasteiger partial charge in [-0.2, -0.15) is 48.3 Å². The molecule has 0 unspecified atom stereocenters. The summed E-state index contributed by atoms with van der Waals surface area (Å²) in [6.45, 7) is -0.895. The molecule has 0 aliphatic heterocycles. The van der Waals surface area contributed by atoms with Crippen molar-refractivity contribution in [3.63, 3.8) is 0 Å². The van der Waals surface area contributed by atoms with Crippen LogP contribution in [-0.4, -0.2) is 29.9 Å². The Morgan fingerprint density at radius 1 is 0.471 bits per heavy atom. The van der Waals surface area contributed by atoms with E-state index in [4.69, 9.17) is 0 Å². The van der Waals surface area contributed by atoms with E-state index in [1.54, 1.807) is 0 Å². The lowest BCUT2D eigenvalue weighted by atomic mass is 9.99. The third-order valence-corrected chi connectivity index (χ3v) is 1.70. The summed E-state index contributed by atoms with van der Waals surface area (Å²) in [5.74, 6) is -27.2. The van der Waals surface area contributed by atoms with E-state index >= 15 is 0 Å². The van der Waals surface area contributed by atoms with Crippen molar-refractivity contribution in [2.75, 3.05) is 0 Å². The second-order valence-corrected chi connectivity index (χ2v) is 3.11. The summed E-state index contributed by atoms with van der Waals surface area (Å²) in [7, 11) is 0. The van der Waals surface area contributed by atoms with E-state index in [9.17, 15) is 48.3 Å². The van der Waals surface area contributed by atoms with E-state index in [1.807, 2.05) is 0 Å². The lowest BCUT2D eigenvalue weighted by Crippen LogP contribution is -2.65. The highest BCUT2D eigenvalue weighted by Crippen LogP contribution is 2.56. The Labute approximate surface area is 86.4 Å². The Morgan fingerprint density at radius 3 is 0.941 bits per heavy atom. The second-order valence-electron chi connectivity index (χ2n) is 3.11. The van der Waals surface area contributed by atoms with Crippen LogP contribution in [0.3, 0.4) is 0 Å². The number of hydrogen-bond donors (Lipinski definition) is 0. The maximum Gasteiger partial charge on any atom is 0.460 e. The van der Waals surface area contributed by atoms with Crippen molar-refractivity contribution in [1.29, 1.82) is 0 Å². The summed E-state index contributed by atoms with van der Waals surface area (Å²) < 4.78 is 131. The van der Waals surface area contributed by atoms with Crippen LogP contribution in [0, 0.1) is 0 Å². The monoisotopic (exact) mass is 284 g/mol. The molecule has 0 amide bonds. The summed E-state index contributed by atoms with van der Waals surface area (Å²) in [5, 5.41) is 0. The first-order chi connectivity index (χ1) is 7.00. The molecule has 104 valence electrons. The first-order valence-electron chi connectivity index (χ1n) is 3.58. The normalized spacial score (nSPS) is 16.2. The van der Waals surface area contributed by atoms with Gasteiger partial charge >= 0.3 is 29.9 Å². The van der Waals surface area contributed by atoms with E-state index in [2.05, 4.69) is 0 Å². The van der Waals surface area contributed by atoms with Gasteiger partial charge in [0, 0.05) is 6.92 Å². The van der Waals surface area contributed by atoms with Gasteiger partial charge in [0.15, 0.2) is 0 Å². The molecule has 0 saturated heterocycles. The van der Waals surface area contributed by atoms with Crippen molar-refractivity contribution >= 4 is 0 Å². The van der Waals surface area contributed by atoms with E-state index in [0.29, 0.717) is 0 Å². The Balaban J connectivity index is 5.73. The van der Waals surface area contributed by atoms with Gasteiger partial charge in [-0.3, -0.25) is 0 Å². The SMILES string of the molecule is CC(F)(F)C(F)(F)C(F)(F)C(F)(F)C(F)(F)F. The highest BCUT2D eigenvalue weighted by molar-refractivity contribution is 5.04. The lowest BCUT2D eigenvalue weighted by molar-refractivity contribution is -0.420. The van der Waals surface area contributed by atoms with Crippen LogP contribution in [-0.2, 0) is 0 Å². The molecule has 0 spiro atoms. The molecule has 0 radical (unpaired) electrons. The summed E-state index contributed by atoms with van der Waals surface area (Å²) in [5.41, 5.74) is 0. The lowest BCUT2D eigenvalue weighted by Gasteiger charge is -2.35. The van der Waals surface area contributed by atoms with Gasteiger partial charge in [0.25, 0.3) is 0 Å².